The lowest BCUT2D eigenvalue weighted by atomic mass is 10.0. The Morgan fingerprint density at radius 3 is 2.13 bits per heavy atom. The second-order valence-corrected chi connectivity index (χ2v) is 13.6. The number of rotatable bonds is 12. The fraction of sp³-hybridized carbons (Fsp3) is 0.235. The van der Waals surface area contributed by atoms with Crippen molar-refractivity contribution in [1.82, 2.24) is 10.2 Å². The number of halogens is 3. The van der Waals surface area contributed by atoms with Crippen molar-refractivity contribution in [2.24, 2.45) is 0 Å². The van der Waals surface area contributed by atoms with Crippen LogP contribution in [0.2, 0.25) is 10.0 Å². The first kappa shape index (κ1) is 34.0. The zero-order valence-corrected chi connectivity index (χ0v) is 27.4. The van der Waals surface area contributed by atoms with E-state index in [-0.39, 0.29) is 34.6 Å². The second-order valence-electron chi connectivity index (χ2n) is 10.9. The first-order valence-electron chi connectivity index (χ1n) is 14.3. The van der Waals surface area contributed by atoms with Crippen molar-refractivity contribution >= 4 is 50.7 Å². The highest BCUT2D eigenvalue weighted by Gasteiger charge is 2.35. The number of amides is 2. The average Bonchev–Trinajstić information content (AvgIpc) is 2.99. The van der Waals surface area contributed by atoms with E-state index in [0.717, 1.165) is 27.6 Å². The van der Waals surface area contributed by atoms with Crippen molar-refractivity contribution in [3.05, 3.63) is 130 Å². The van der Waals surface area contributed by atoms with E-state index in [9.17, 15) is 22.4 Å². The summed E-state index contributed by atoms with van der Waals surface area (Å²) in [7, 11) is -4.30. The SMILES string of the molecule is Cc1ccc(S(=O)(=O)N(CC(=O)N(Cc2ccc(Cl)cc2Cl)[C@H](Cc2ccccc2)C(=O)NC(C)C)c2ccc(F)cc2)cc1. The zero-order valence-electron chi connectivity index (χ0n) is 25.1. The fourth-order valence-corrected chi connectivity index (χ4v) is 6.62. The molecule has 0 radical (unpaired) electrons. The number of carbonyl (C=O) groups is 2. The van der Waals surface area contributed by atoms with E-state index in [1.807, 2.05) is 51.1 Å². The molecule has 0 aliphatic heterocycles. The molecule has 0 saturated heterocycles. The minimum absolute atomic E-state index is 0.0455. The van der Waals surface area contributed by atoms with E-state index in [1.165, 1.54) is 35.2 Å². The number of aryl methyl sites for hydroxylation is 1. The van der Waals surface area contributed by atoms with Crippen molar-refractivity contribution in [2.45, 2.75) is 50.7 Å². The number of benzene rings is 4. The van der Waals surface area contributed by atoms with Crippen molar-refractivity contribution in [3.63, 3.8) is 0 Å². The van der Waals surface area contributed by atoms with Gasteiger partial charge in [-0.25, -0.2) is 12.8 Å². The molecule has 0 fully saturated rings. The summed E-state index contributed by atoms with van der Waals surface area (Å²) in [4.78, 5) is 29.5. The molecule has 0 bridgehead atoms. The van der Waals surface area contributed by atoms with Crippen LogP contribution in [0.1, 0.15) is 30.5 Å². The van der Waals surface area contributed by atoms with Gasteiger partial charge in [0.25, 0.3) is 10.0 Å². The van der Waals surface area contributed by atoms with Gasteiger partial charge in [-0.2, -0.15) is 0 Å². The first-order chi connectivity index (χ1) is 21.3. The van der Waals surface area contributed by atoms with E-state index in [4.69, 9.17) is 23.2 Å². The summed E-state index contributed by atoms with van der Waals surface area (Å²) in [6, 6.07) is 23.8. The Morgan fingerprint density at radius 1 is 0.889 bits per heavy atom. The summed E-state index contributed by atoms with van der Waals surface area (Å²) in [6.45, 7) is 4.66. The fourth-order valence-electron chi connectivity index (χ4n) is 4.74. The monoisotopic (exact) mass is 669 g/mol. The van der Waals surface area contributed by atoms with Gasteiger partial charge >= 0.3 is 0 Å². The van der Waals surface area contributed by atoms with Gasteiger partial charge in [-0.15, -0.1) is 0 Å². The van der Waals surface area contributed by atoms with Crippen molar-refractivity contribution in [1.29, 1.82) is 0 Å². The Balaban J connectivity index is 1.82. The zero-order chi connectivity index (χ0) is 32.7. The largest absolute Gasteiger partial charge is 0.352 e. The normalized spacial score (nSPS) is 12.1. The van der Waals surface area contributed by atoms with Crippen LogP contribution in [-0.4, -0.2) is 43.8 Å². The quantitative estimate of drug-likeness (QED) is 0.180. The number of sulfonamides is 1. The lowest BCUT2D eigenvalue weighted by Crippen LogP contribution is -2.54. The van der Waals surface area contributed by atoms with Gasteiger partial charge in [0.2, 0.25) is 11.8 Å². The molecule has 0 aliphatic rings. The topological polar surface area (TPSA) is 86.8 Å². The van der Waals surface area contributed by atoms with Gasteiger partial charge in [0.05, 0.1) is 10.6 Å². The Bertz CT molecular complexity index is 1740. The molecule has 0 spiro atoms. The van der Waals surface area contributed by atoms with Crippen LogP contribution in [0.3, 0.4) is 0 Å². The molecule has 236 valence electrons. The third-order valence-corrected chi connectivity index (χ3v) is 9.44. The standard InChI is InChI=1S/C34H34Cl2FN3O4S/c1-23(2)38-34(42)32(19-25-7-5-4-6-8-25)39(21-26-11-12-27(35)20-31(26)36)33(41)22-40(29-15-13-28(37)14-16-29)45(43,44)30-17-9-24(3)10-18-30/h4-18,20,23,32H,19,21-22H2,1-3H3,(H,38,42)/t32-/m1/s1. The van der Waals surface area contributed by atoms with Gasteiger partial charge in [0.15, 0.2) is 0 Å². The highest BCUT2D eigenvalue weighted by molar-refractivity contribution is 7.92. The molecule has 0 aromatic heterocycles. The van der Waals surface area contributed by atoms with Crippen LogP contribution < -0.4 is 9.62 Å². The van der Waals surface area contributed by atoms with Crippen LogP contribution >= 0.6 is 23.2 Å². The molecule has 0 saturated carbocycles. The molecule has 4 rings (SSSR count). The van der Waals surface area contributed by atoms with E-state index in [2.05, 4.69) is 5.32 Å². The summed E-state index contributed by atoms with van der Waals surface area (Å²) in [5.41, 5.74) is 2.24. The summed E-state index contributed by atoms with van der Waals surface area (Å²) in [5, 5.41) is 3.58. The molecule has 0 unspecified atom stereocenters. The third kappa shape index (κ3) is 8.84. The molecule has 7 nitrogen and oxygen atoms in total. The van der Waals surface area contributed by atoms with Crippen molar-refractivity contribution in [2.75, 3.05) is 10.8 Å². The van der Waals surface area contributed by atoms with Crippen LogP contribution in [0.25, 0.3) is 0 Å². The minimum atomic E-state index is -4.30. The van der Waals surface area contributed by atoms with Gasteiger partial charge in [-0.1, -0.05) is 77.3 Å². The number of nitrogens with zero attached hydrogens (tertiary/aromatic N) is 2. The molecular weight excluding hydrogens is 636 g/mol. The minimum Gasteiger partial charge on any atom is -0.352 e. The summed E-state index contributed by atoms with van der Waals surface area (Å²) in [5.74, 6) is -1.65. The van der Waals surface area contributed by atoms with Gasteiger partial charge in [0.1, 0.15) is 18.4 Å². The van der Waals surface area contributed by atoms with E-state index in [1.54, 1.807) is 24.3 Å². The van der Waals surface area contributed by atoms with Crippen LogP contribution in [0.15, 0.2) is 102 Å². The van der Waals surface area contributed by atoms with Gasteiger partial charge < -0.3 is 10.2 Å². The summed E-state index contributed by atoms with van der Waals surface area (Å²) in [6.07, 6.45) is 0.150. The predicted molar refractivity (Wildman–Crippen MR) is 176 cm³/mol. The molecule has 0 aliphatic carbocycles. The van der Waals surface area contributed by atoms with E-state index >= 15 is 0 Å². The molecule has 0 heterocycles. The number of hydrogen-bond donors (Lipinski definition) is 1. The number of nitrogens with one attached hydrogen (secondary N) is 1. The maximum Gasteiger partial charge on any atom is 0.264 e. The molecule has 45 heavy (non-hydrogen) atoms. The van der Waals surface area contributed by atoms with Gasteiger partial charge in [0, 0.05) is 29.1 Å². The smallest absolute Gasteiger partial charge is 0.264 e. The van der Waals surface area contributed by atoms with Crippen LogP contribution in [0.4, 0.5) is 10.1 Å². The van der Waals surface area contributed by atoms with Crippen molar-refractivity contribution < 1.29 is 22.4 Å². The lowest BCUT2D eigenvalue weighted by molar-refractivity contribution is -0.140. The first-order valence-corrected chi connectivity index (χ1v) is 16.5. The molecule has 1 atom stereocenters. The average molecular weight is 671 g/mol. The van der Waals surface area contributed by atoms with Gasteiger partial charge in [-0.3, -0.25) is 13.9 Å². The molecular formula is C34H34Cl2FN3O4S. The summed E-state index contributed by atoms with van der Waals surface area (Å²) >= 11 is 12.7. The number of anilines is 1. The Labute approximate surface area is 273 Å². The number of hydrogen-bond acceptors (Lipinski definition) is 4. The van der Waals surface area contributed by atoms with Crippen molar-refractivity contribution in [3.8, 4) is 0 Å². The highest BCUT2D eigenvalue weighted by Crippen LogP contribution is 2.27. The Morgan fingerprint density at radius 2 is 1.53 bits per heavy atom. The predicted octanol–water partition coefficient (Wildman–Crippen LogP) is 6.80. The Kier molecular flexibility index (Phi) is 11.3. The molecule has 2 amide bonds. The van der Waals surface area contributed by atoms with Gasteiger partial charge in [-0.05, 0) is 80.4 Å². The summed E-state index contributed by atoms with van der Waals surface area (Å²) < 4.78 is 42.9. The Hall–Kier alpha value is -3.92. The van der Waals surface area contributed by atoms with Crippen LogP contribution in [-0.2, 0) is 32.6 Å². The molecule has 11 heteroatoms. The molecule has 4 aromatic rings. The lowest BCUT2D eigenvalue weighted by Gasteiger charge is -2.34. The maximum absolute atomic E-state index is 14.4. The highest BCUT2D eigenvalue weighted by atomic mass is 35.5. The van der Waals surface area contributed by atoms with E-state index in [0.29, 0.717) is 10.6 Å². The van der Waals surface area contributed by atoms with Crippen LogP contribution in [0, 0.1) is 12.7 Å². The van der Waals surface area contributed by atoms with Crippen LogP contribution in [0.5, 0.6) is 0 Å². The molecule has 4 aromatic carbocycles. The second kappa shape index (κ2) is 14.9. The number of carbonyl (C=O) groups excluding carboxylic acids is 2. The molecule has 1 N–H and O–H groups in total. The van der Waals surface area contributed by atoms with E-state index < -0.39 is 40.2 Å². The third-order valence-electron chi connectivity index (χ3n) is 7.06. The maximum atomic E-state index is 14.4.